The number of quaternary nitrogens is 1. The van der Waals surface area contributed by atoms with Crippen LogP contribution in [0.3, 0.4) is 0 Å². The molecule has 2 N–H and O–H groups in total. The van der Waals surface area contributed by atoms with E-state index >= 15 is 0 Å². The molecule has 1 aromatic carbocycles. The van der Waals surface area contributed by atoms with E-state index in [1.165, 1.54) is 6.07 Å². The van der Waals surface area contributed by atoms with Crippen molar-refractivity contribution in [2.45, 2.75) is 13.0 Å². The first-order valence-electron chi connectivity index (χ1n) is 8.71. The number of furan rings is 1. The highest BCUT2D eigenvalue weighted by Crippen LogP contribution is 2.22. The van der Waals surface area contributed by atoms with Gasteiger partial charge in [-0.05, 0) is 36.8 Å². The molecule has 0 saturated carbocycles. The van der Waals surface area contributed by atoms with Gasteiger partial charge in [-0.25, -0.2) is 4.79 Å². The molecule has 1 atom stereocenters. The summed E-state index contributed by atoms with van der Waals surface area (Å²) >= 11 is 0. The lowest BCUT2D eigenvalue weighted by atomic mass is 10.1. The number of nitrogens with one attached hydrogen (secondary N) is 2. The average Bonchev–Trinajstić information content (AvgIpc) is 3.13. The molecule has 0 saturated heterocycles. The van der Waals surface area contributed by atoms with Crippen molar-refractivity contribution in [1.29, 1.82) is 0 Å². The van der Waals surface area contributed by atoms with Crippen molar-refractivity contribution in [3.8, 4) is 5.75 Å². The molecule has 3 rings (SSSR count). The van der Waals surface area contributed by atoms with Crippen LogP contribution in [0.1, 0.15) is 17.4 Å². The molecule has 27 heavy (non-hydrogen) atoms. The van der Waals surface area contributed by atoms with E-state index in [-0.39, 0.29) is 18.6 Å². The first-order chi connectivity index (χ1) is 12.9. The smallest absolute Gasteiger partial charge is 0.336 e. The van der Waals surface area contributed by atoms with Gasteiger partial charge in [-0.3, -0.25) is 4.79 Å². The van der Waals surface area contributed by atoms with Crippen molar-refractivity contribution in [2.75, 3.05) is 27.2 Å². The lowest BCUT2D eigenvalue weighted by molar-refractivity contribution is -0.891. The number of carbonyl (C=O) groups excluding carboxylic acids is 1. The second kappa shape index (κ2) is 8.09. The van der Waals surface area contributed by atoms with Crippen LogP contribution < -0.4 is 20.6 Å². The summed E-state index contributed by atoms with van der Waals surface area (Å²) in [5, 5.41) is 3.69. The van der Waals surface area contributed by atoms with Crippen LogP contribution in [-0.4, -0.2) is 33.2 Å². The molecule has 2 aromatic heterocycles. The second-order valence-electron chi connectivity index (χ2n) is 6.64. The molecular weight excluding hydrogens is 348 g/mol. The third-order valence-corrected chi connectivity index (χ3v) is 4.38. The molecule has 0 unspecified atom stereocenters. The van der Waals surface area contributed by atoms with E-state index in [4.69, 9.17) is 13.6 Å². The van der Waals surface area contributed by atoms with E-state index in [1.807, 2.05) is 39.2 Å². The van der Waals surface area contributed by atoms with Crippen LogP contribution in [0.2, 0.25) is 0 Å². The largest absolute Gasteiger partial charge is 0.484 e. The fourth-order valence-corrected chi connectivity index (χ4v) is 2.89. The number of hydrogen-bond acceptors (Lipinski definition) is 5. The number of benzene rings is 1. The van der Waals surface area contributed by atoms with Crippen molar-refractivity contribution in [2.24, 2.45) is 0 Å². The molecule has 0 bridgehead atoms. The highest BCUT2D eigenvalue weighted by molar-refractivity contribution is 5.81. The Bertz CT molecular complexity index is 976. The van der Waals surface area contributed by atoms with Gasteiger partial charge in [0, 0.05) is 17.5 Å². The second-order valence-corrected chi connectivity index (χ2v) is 6.64. The van der Waals surface area contributed by atoms with Gasteiger partial charge in [0.1, 0.15) is 11.3 Å². The zero-order valence-corrected chi connectivity index (χ0v) is 15.6. The van der Waals surface area contributed by atoms with Gasteiger partial charge in [-0.1, -0.05) is 0 Å². The van der Waals surface area contributed by atoms with Crippen LogP contribution in [0.15, 0.2) is 56.3 Å². The fraction of sp³-hybridized carbons (Fsp3) is 0.300. The Labute approximate surface area is 156 Å². The number of hydrogen-bond donors (Lipinski definition) is 2. The van der Waals surface area contributed by atoms with Gasteiger partial charge in [-0.2, -0.15) is 0 Å². The summed E-state index contributed by atoms with van der Waals surface area (Å²) in [5.41, 5.74) is 0.859. The Balaban J connectivity index is 1.59. The van der Waals surface area contributed by atoms with E-state index in [0.29, 0.717) is 17.9 Å². The van der Waals surface area contributed by atoms with E-state index in [0.717, 1.165) is 21.6 Å². The van der Waals surface area contributed by atoms with E-state index in [1.54, 1.807) is 18.4 Å². The van der Waals surface area contributed by atoms with Gasteiger partial charge in [0.25, 0.3) is 5.91 Å². The Morgan fingerprint density at radius 1 is 1.26 bits per heavy atom. The molecule has 0 fully saturated rings. The monoisotopic (exact) mass is 371 g/mol. The normalized spacial score (nSPS) is 12.3. The lowest BCUT2D eigenvalue weighted by Crippen LogP contribution is -3.07. The molecule has 1 amide bonds. The summed E-state index contributed by atoms with van der Waals surface area (Å²) in [6.07, 6.45) is 1.62. The minimum atomic E-state index is -0.412. The van der Waals surface area contributed by atoms with E-state index in [2.05, 4.69) is 5.32 Å². The lowest BCUT2D eigenvalue weighted by Gasteiger charge is -2.19. The SMILES string of the molecule is Cc1cc(=O)oc2cc(OCC(=O)NC[C@H](c3ccco3)[NH+](C)C)ccc12. The fourth-order valence-electron chi connectivity index (χ4n) is 2.89. The Morgan fingerprint density at radius 3 is 2.78 bits per heavy atom. The number of likely N-dealkylation sites (N-methyl/N-ethyl adjacent to an activating group) is 1. The van der Waals surface area contributed by atoms with Crippen LogP contribution in [0.5, 0.6) is 5.75 Å². The molecule has 142 valence electrons. The summed E-state index contributed by atoms with van der Waals surface area (Å²) in [7, 11) is 4.00. The van der Waals surface area contributed by atoms with Crippen molar-refractivity contribution < 1.29 is 23.3 Å². The topological polar surface area (TPSA) is 86.1 Å². The third-order valence-electron chi connectivity index (χ3n) is 4.38. The number of amides is 1. The number of ether oxygens (including phenoxy) is 1. The molecule has 7 heteroatoms. The number of fused-ring (bicyclic) bond motifs is 1. The third kappa shape index (κ3) is 4.57. The Morgan fingerprint density at radius 2 is 2.07 bits per heavy atom. The highest BCUT2D eigenvalue weighted by atomic mass is 16.5. The minimum Gasteiger partial charge on any atom is -0.484 e. The molecule has 0 aliphatic heterocycles. The first-order valence-corrected chi connectivity index (χ1v) is 8.71. The molecule has 7 nitrogen and oxygen atoms in total. The molecule has 3 aromatic rings. The van der Waals surface area contributed by atoms with Gasteiger partial charge in [0.2, 0.25) is 0 Å². The van der Waals surface area contributed by atoms with Crippen LogP contribution in [0.4, 0.5) is 0 Å². The maximum atomic E-state index is 12.1. The maximum absolute atomic E-state index is 12.1. The molecule has 0 spiro atoms. The van der Waals surface area contributed by atoms with Crippen LogP contribution >= 0.6 is 0 Å². The first kappa shape index (κ1) is 18.7. The molecule has 0 aliphatic carbocycles. The molecule has 2 heterocycles. The molecule has 0 radical (unpaired) electrons. The predicted molar refractivity (Wildman–Crippen MR) is 100.0 cm³/mol. The summed E-state index contributed by atoms with van der Waals surface area (Å²) in [6, 6.07) is 10.4. The summed E-state index contributed by atoms with van der Waals surface area (Å²) in [5.74, 6) is 1.04. The highest BCUT2D eigenvalue weighted by Gasteiger charge is 2.21. The van der Waals surface area contributed by atoms with Crippen LogP contribution in [-0.2, 0) is 4.79 Å². The van der Waals surface area contributed by atoms with Crippen molar-refractivity contribution in [3.05, 3.63) is 64.4 Å². The number of carbonyl (C=O) groups is 1. The van der Waals surface area contributed by atoms with Crippen molar-refractivity contribution >= 4 is 16.9 Å². The van der Waals surface area contributed by atoms with Crippen LogP contribution in [0, 0.1) is 6.92 Å². The van der Waals surface area contributed by atoms with E-state index < -0.39 is 5.63 Å². The molecular formula is C20H23N2O5+. The van der Waals surface area contributed by atoms with Crippen molar-refractivity contribution in [3.63, 3.8) is 0 Å². The van der Waals surface area contributed by atoms with Gasteiger partial charge in [-0.15, -0.1) is 0 Å². The summed E-state index contributed by atoms with van der Waals surface area (Å²) in [6.45, 7) is 2.15. The van der Waals surface area contributed by atoms with Gasteiger partial charge in [0.05, 0.1) is 26.9 Å². The molecule has 0 aliphatic rings. The number of rotatable bonds is 7. The van der Waals surface area contributed by atoms with Gasteiger partial charge in [0.15, 0.2) is 18.4 Å². The van der Waals surface area contributed by atoms with Crippen molar-refractivity contribution in [1.82, 2.24) is 5.32 Å². The average molecular weight is 371 g/mol. The van der Waals surface area contributed by atoms with Crippen LogP contribution in [0.25, 0.3) is 11.0 Å². The van der Waals surface area contributed by atoms with Gasteiger partial charge < -0.3 is 23.8 Å². The Hall–Kier alpha value is -3.06. The van der Waals surface area contributed by atoms with Gasteiger partial charge >= 0.3 is 5.63 Å². The summed E-state index contributed by atoms with van der Waals surface area (Å²) < 4.78 is 16.2. The standard InChI is InChI=1S/C20H22N2O5/c1-13-9-20(24)27-18-10-14(6-7-15(13)18)26-12-19(23)21-11-16(22(2)3)17-5-4-8-25-17/h4-10,16H,11-12H2,1-3H3,(H,21,23)/p+1/t16-/m1/s1. The minimum absolute atomic E-state index is 0.0156. The van der Waals surface area contributed by atoms with E-state index in [9.17, 15) is 9.59 Å². The summed E-state index contributed by atoms with van der Waals surface area (Å²) in [4.78, 5) is 24.8. The Kier molecular flexibility index (Phi) is 5.61. The zero-order chi connectivity index (χ0) is 19.4. The predicted octanol–water partition coefficient (Wildman–Crippen LogP) is 1.08. The zero-order valence-electron chi connectivity index (χ0n) is 15.6. The quantitative estimate of drug-likeness (QED) is 0.607. The number of aryl methyl sites for hydroxylation is 1. The maximum Gasteiger partial charge on any atom is 0.336 e.